The topological polar surface area (TPSA) is 131 Å². The van der Waals surface area contributed by atoms with Crippen LogP contribution in [-0.4, -0.2) is 61.2 Å². The highest BCUT2D eigenvalue weighted by atomic mass is 32.2. The molecule has 1 fully saturated rings. The van der Waals surface area contributed by atoms with Crippen molar-refractivity contribution in [3.63, 3.8) is 0 Å². The maximum absolute atomic E-state index is 13.8. The van der Waals surface area contributed by atoms with Crippen molar-refractivity contribution in [3.05, 3.63) is 48.0 Å². The summed E-state index contributed by atoms with van der Waals surface area (Å²) in [5.41, 5.74) is 2.13. The Bertz CT molecular complexity index is 1300. The number of hydrogen-bond donors (Lipinski definition) is 3. The van der Waals surface area contributed by atoms with E-state index >= 15 is 0 Å². The maximum Gasteiger partial charge on any atom is 0.407 e. The van der Waals surface area contributed by atoms with E-state index in [-0.39, 0.29) is 28.2 Å². The lowest BCUT2D eigenvalue weighted by Gasteiger charge is -2.30. The normalized spacial score (nSPS) is 16.4. The number of benzene rings is 2. The number of carbonyl (C=O) groups is 1. The van der Waals surface area contributed by atoms with Gasteiger partial charge in [-0.3, -0.25) is 4.31 Å². The minimum absolute atomic E-state index is 0.00939. The van der Waals surface area contributed by atoms with Crippen molar-refractivity contribution in [2.45, 2.75) is 49.8 Å². The number of nitrogens with zero attached hydrogens (tertiary/aromatic N) is 2. The molecule has 0 aromatic heterocycles. The molecule has 0 bridgehead atoms. The van der Waals surface area contributed by atoms with Crippen LogP contribution in [0.15, 0.2) is 52.3 Å². The Morgan fingerprint density at radius 2 is 1.76 bits per heavy atom. The fourth-order valence-corrected chi connectivity index (χ4v) is 7.05. The maximum atomic E-state index is 13.8. The molecule has 1 amide bonds. The van der Waals surface area contributed by atoms with Crippen LogP contribution in [0.4, 0.5) is 16.2 Å². The zero-order chi connectivity index (χ0) is 27.4. The standard InChI is InChI=1S/C26H38N4O5S2/c1-5-20-6-8-22(9-7-20)30(18-19(2)3)37(34,35)23-10-11-24(25(16-23)36(4,27)33)28-17-21-12-14-29(15-13-21)26(31)32/h6-11,16,19,21,27-28H,5,12-15,17-18H2,1-4H3,(H,31,32). The summed E-state index contributed by atoms with van der Waals surface area (Å²) in [5.74, 6) is 0.290. The van der Waals surface area contributed by atoms with Crippen molar-refractivity contribution < 1.29 is 22.5 Å². The van der Waals surface area contributed by atoms with E-state index in [0.29, 0.717) is 43.9 Å². The molecule has 0 saturated carbocycles. The zero-order valence-electron chi connectivity index (χ0n) is 21.9. The van der Waals surface area contributed by atoms with E-state index < -0.39 is 25.8 Å². The Balaban J connectivity index is 1.90. The van der Waals surface area contributed by atoms with Crippen molar-refractivity contribution in [1.82, 2.24) is 4.90 Å². The Kier molecular flexibility index (Phi) is 9.12. The Hall–Kier alpha value is -2.79. The van der Waals surface area contributed by atoms with E-state index in [0.717, 1.165) is 12.0 Å². The summed E-state index contributed by atoms with van der Waals surface area (Å²) in [5, 5.41) is 12.4. The predicted molar refractivity (Wildman–Crippen MR) is 147 cm³/mol. The molecule has 0 aliphatic carbocycles. The fourth-order valence-electron chi connectivity index (χ4n) is 4.41. The van der Waals surface area contributed by atoms with E-state index in [1.165, 1.54) is 27.6 Å². The molecule has 11 heteroatoms. The lowest BCUT2D eigenvalue weighted by molar-refractivity contribution is 0.126. The Morgan fingerprint density at radius 1 is 1.14 bits per heavy atom. The summed E-state index contributed by atoms with van der Waals surface area (Å²) >= 11 is 0. The van der Waals surface area contributed by atoms with Crippen LogP contribution in [-0.2, 0) is 26.2 Å². The first-order valence-corrected chi connectivity index (χ1v) is 15.9. The highest BCUT2D eigenvalue weighted by molar-refractivity contribution is 7.93. The van der Waals surface area contributed by atoms with Gasteiger partial charge >= 0.3 is 6.09 Å². The molecule has 0 radical (unpaired) electrons. The third-order valence-corrected chi connectivity index (χ3v) is 9.56. The summed E-state index contributed by atoms with van der Waals surface area (Å²) in [7, 11) is -7.23. The van der Waals surface area contributed by atoms with Crippen molar-refractivity contribution in [2.75, 3.05) is 42.1 Å². The first-order chi connectivity index (χ1) is 17.3. The minimum Gasteiger partial charge on any atom is -0.465 e. The molecule has 204 valence electrons. The van der Waals surface area contributed by atoms with Crippen LogP contribution in [0.25, 0.3) is 0 Å². The Morgan fingerprint density at radius 3 is 2.27 bits per heavy atom. The van der Waals surface area contributed by atoms with Gasteiger partial charge in [-0.1, -0.05) is 32.9 Å². The average molecular weight is 551 g/mol. The number of rotatable bonds is 10. The number of piperidine rings is 1. The number of hydrogen-bond acceptors (Lipinski definition) is 6. The van der Waals surface area contributed by atoms with E-state index in [4.69, 9.17) is 9.89 Å². The van der Waals surface area contributed by atoms with Gasteiger partial charge in [0.25, 0.3) is 10.0 Å². The average Bonchev–Trinajstić information content (AvgIpc) is 2.85. The highest BCUT2D eigenvalue weighted by Gasteiger charge is 2.28. The van der Waals surface area contributed by atoms with Gasteiger partial charge in [0.15, 0.2) is 0 Å². The predicted octanol–water partition coefficient (Wildman–Crippen LogP) is 4.94. The SMILES string of the molecule is CCc1ccc(N(CC(C)C)S(=O)(=O)c2ccc(NCC3CCN(C(=O)O)CC3)c(S(C)(=N)=O)c2)cc1. The van der Waals surface area contributed by atoms with Crippen LogP contribution in [0.3, 0.4) is 0 Å². The minimum atomic E-state index is -3.98. The summed E-state index contributed by atoms with van der Waals surface area (Å²) < 4.78 is 50.1. The summed E-state index contributed by atoms with van der Waals surface area (Å²) in [6.07, 6.45) is 2.61. The van der Waals surface area contributed by atoms with Gasteiger partial charge in [-0.25, -0.2) is 22.2 Å². The van der Waals surface area contributed by atoms with E-state index in [1.807, 2.05) is 32.9 Å². The lowest BCUT2D eigenvalue weighted by atomic mass is 9.97. The van der Waals surface area contributed by atoms with Crippen LogP contribution in [0.5, 0.6) is 0 Å². The van der Waals surface area contributed by atoms with Gasteiger partial charge in [-0.2, -0.15) is 0 Å². The van der Waals surface area contributed by atoms with Crippen LogP contribution < -0.4 is 9.62 Å². The molecule has 9 nitrogen and oxygen atoms in total. The van der Waals surface area contributed by atoms with Gasteiger partial charge in [-0.05, 0) is 67.0 Å². The molecule has 1 aliphatic rings. The van der Waals surface area contributed by atoms with Gasteiger partial charge in [0, 0.05) is 32.4 Å². The quantitative estimate of drug-likeness (QED) is 0.384. The van der Waals surface area contributed by atoms with E-state index in [2.05, 4.69) is 5.32 Å². The molecule has 1 heterocycles. The molecule has 2 aromatic rings. The van der Waals surface area contributed by atoms with Crippen molar-refractivity contribution in [3.8, 4) is 0 Å². The Labute approximate surface area is 220 Å². The van der Waals surface area contributed by atoms with Crippen LogP contribution >= 0.6 is 0 Å². The first-order valence-electron chi connectivity index (χ1n) is 12.5. The second-order valence-electron chi connectivity index (χ2n) is 10.0. The van der Waals surface area contributed by atoms with Crippen LogP contribution in [0.2, 0.25) is 0 Å². The number of amides is 1. The number of likely N-dealkylation sites (tertiary alicyclic amines) is 1. The second kappa shape index (κ2) is 11.7. The molecule has 37 heavy (non-hydrogen) atoms. The van der Waals surface area contributed by atoms with E-state index in [9.17, 15) is 17.4 Å². The summed E-state index contributed by atoms with van der Waals surface area (Å²) in [6.45, 7) is 7.65. The monoisotopic (exact) mass is 550 g/mol. The third-order valence-electron chi connectivity index (χ3n) is 6.59. The number of nitrogens with one attached hydrogen (secondary N) is 2. The summed E-state index contributed by atoms with van der Waals surface area (Å²) in [6, 6.07) is 11.9. The molecule has 1 unspecified atom stereocenters. The number of carboxylic acid groups (broad SMARTS) is 1. The number of sulfonamides is 1. The molecule has 2 aromatic carbocycles. The fraction of sp³-hybridized carbons (Fsp3) is 0.500. The molecular formula is C26H38N4O5S2. The van der Waals surface area contributed by atoms with Crippen molar-refractivity contribution >= 4 is 37.2 Å². The van der Waals surface area contributed by atoms with Crippen LogP contribution in [0, 0.1) is 16.6 Å². The second-order valence-corrected chi connectivity index (χ2v) is 14.0. The van der Waals surface area contributed by atoms with Gasteiger partial charge in [-0.15, -0.1) is 0 Å². The van der Waals surface area contributed by atoms with Crippen LogP contribution in [0.1, 0.15) is 39.2 Å². The largest absolute Gasteiger partial charge is 0.465 e. The molecule has 1 atom stereocenters. The molecule has 1 saturated heterocycles. The van der Waals surface area contributed by atoms with Crippen molar-refractivity contribution in [2.24, 2.45) is 11.8 Å². The third kappa shape index (κ3) is 7.16. The number of anilines is 2. The molecule has 3 rings (SSSR count). The lowest BCUT2D eigenvalue weighted by Crippen LogP contribution is -2.39. The molecular weight excluding hydrogens is 512 g/mol. The van der Waals surface area contributed by atoms with Gasteiger partial charge in [0.05, 0.1) is 30.9 Å². The molecule has 3 N–H and O–H groups in total. The van der Waals surface area contributed by atoms with Crippen molar-refractivity contribution in [1.29, 1.82) is 4.78 Å². The highest BCUT2D eigenvalue weighted by Crippen LogP contribution is 2.31. The van der Waals surface area contributed by atoms with Gasteiger partial charge in [0.2, 0.25) is 0 Å². The molecule has 0 spiro atoms. The zero-order valence-corrected chi connectivity index (χ0v) is 23.6. The summed E-state index contributed by atoms with van der Waals surface area (Å²) in [4.78, 5) is 12.7. The number of aryl methyl sites for hydroxylation is 1. The smallest absolute Gasteiger partial charge is 0.407 e. The van der Waals surface area contributed by atoms with Gasteiger partial charge in [0.1, 0.15) is 0 Å². The molecule has 1 aliphatic heterocycles. The first kappa shape index (κ1) is 28.8. The van der Waals surface area contributed by atoms with Gasteiger partial charge < -0.3 is 15.3 Å². The van der Waals surface area contributed by atoms with E-state index in [1.54, 1.807) is 18.2 Å².